The molecule has 0 fully saturated rings. The minimum absolute atomic E-state index is 0.263. The zero-order valence-corrected chi connectivity index (χ0v) is 23.5. The highest BCUT2D eigenvalue weighted by atomic mass is 19.2. The van der Waals surface area contributed by atoms with E-state index < -0.39 is 11.6 Å². The van der Waals surface area contributed by atoms with Gasteiger partial charge < -0.3 is 4.74 Å². The third-order valence-electron chi connectivity index (χ3n) is 7.36. The van der Waals surface area contributed by atoms with Crippen molar-refractivity contribution >= 4 is 0 Å². The van der Waals surface area contributed by atoms with Crippen molar-refractivity contribution in [3.05, 3.63) is 77.9 Å². The van der Waals surface area contributed by atoms with Gasteiger partial charge in [-0.15, -0.1) is 0 Å². The number of hydrogen-bond acceptors (Lipinski definition) is 1. The van der Waals surface area contributed by atoms with E-state index >= 15 is 8.78 Å². The van der Waals surface area contributed by atoms with Crippen molar-refractivity contribution in [3.63, 3.8) is 0 Å². The van der Waals surface area contributed by atoms with Gasteiger partial charge in [-0.2, -0.15) is 0 Å². The summed E-state index contributed by atoms with van der Waals surface area (Å²) in [4.78, 5) is 0. The van der Waals surface area contributed by atoms with Crippen LogP contribution in [0.4, 0.5) is 8.78 Å². The van der Waals surface area contributed by atoms with Gasteiger partial charge in [0.2, 0.25) is 0 Å². The SMILES string of the molecule is CCCCCCCCCCCCOc1cc(-c2ccc(-c3ccccc3)cc2)c(F)c(F)c1CCCCC. The molecule has 0 saturated carbocycles. The average molecular weight is 521 g/mol. The Balaban J connectivity index is 1.64. The predicted octanol–water partition coefficient (Wildman–Crippen LogP) is 11.3. The van der Waals surface area contributed by atoms with E-state index in [-0.39, 0.29) is 5.56 Å². The Bertz CT molecular complexity index is 1060. The first kappa shape index (κ1) is 29.9. The highest BCUT2D eigenvalue weighted by Gasteiger charge is 2.20. The average Bonchev–Trinajstić information content (AvgIpc) is 2.95. The molecule has 0 aliphatic rings. The van der Waals surface area contributed by atoms with Gasteiger partial charge in [0, 0.05) is 11.1 Å². The third-order valence-corrected chi connectivity index (χ3v) is 7.36. The fourth-order valence-corrected chi connectivity index (χ4v) is 5.01. The molecule has 0 radical (unpaired) electrons. The van der Waals surface area contributed by atoms with Crippen LogP contribution in [-0.4, -0.2) is 6.61 Å². The van der Waals surface area contributed by atoms with Crippen LogP contribution in [0.25, 0.3) is 22.3 Å². The molecule has 0 saturated heterocycles. The smallest absolute Gasteiger partial charge is 0.167 e. The second kappa shape index (κ2) is 17.0. The number of unbranched alkanes of at least 4 members (excludes halogenated alkanes) is 11. The summed E-state index contributed by atoms with van der Waals surface area (Å²) in [6, 6.07) is 19.4. The molecule has 3 rings (SSSR count). The topological polar surface area (TPSA) is 9.23 Å². The zero-order valence-electron chi connectivity index (χ0n) is 23.5. The highest BCUT2D eigenvalue weighted by molar-refractivity contribution is 5.72. The van der Waals surface area contributed by atoms with Gasteiger partial charge in [-0.05, 0) is 42.0 Å². The molecule has 0 atom stereocenters. The molecule has 0 spiro atoms. The lowest BCUT2D eigenvalue weighted by atomic mass is 9.96. The molecule has 0 aliphatic carbocycles. The summed E-state index contributed by atoms with van der Waals surface area (Å²) in [5, 5.41) is 0. The van der Waals surface area contributed by atoms with Crippen LogP contribution in [0.1, 0.15) is 103 Å². The fourth-order valence-electron chi connectivity index (χ4n) is 5.01. The van der Waals surface area contributed by atoms with Crippen LogP contribution in [0.15, 0.2) is 60.7 Å². The number of rotatable bonds is 18. The summed E-state index contributed by atoms with van der Waals surface area (Å²) >= 11 is 0. The van der Waals surface area contributed by atoms with E-state index in [2.05, 4.69) is 13.8 Å². The van der Waals surface area contributed by atoms with Gasteiger partial charge in [0.25, 0.3) is 0 Å². The minimum atomic E-state index is -0.782. The Morgan fingerprint density at radius 2 is 1.08 bits per heavy atom. The molecule has 3 aromatic rings. The summed E-state index contributed by atoms with van der Waals surface area (Å²) in [6.07, 6.45) is 15.9. The quantitative estimate of drug-likeness (QED) is 0.152. The zero-order chi connectivity index (χ0) is 27.0. The predicted molar refractivity (Wildman–Crippen MR) is 158 cm³/mol. The number of hydrogen-bond donors (Lipinski definition) is 0. The third kappa shape index (κ3) is 9.26. The van der Waals surface area contributed by atoms with E-state index in [0.29, 0.717) is 29.9 Å². The molecule has 0 heterocycles. The number of benzene rings is 3. The van der Waals surface area contributed by atoms with Gasteiger partial charge in [-0.1, -0.05) is 139 Å². The number of ether oxygens (including phenoxy) is 1. The van der Waals surface area contributed by atoms with Crippen LogP contribution in [0.3, 0.4) is 0 Å². The van der Waals surface area contributed by atoms with Crippen molar-refractivity contribution in [1.82, 2.24) is 0 Å². The van der Waals surface area contributed by atoms with Gasteiger partial charge in [-0.3, -0.25) is 0 Å². The second-order valence-electron chi connectivity index (χ2n) is 10.5. The van der Waals surface area contributed by atoms with Gasteiger partial charge in [0.1, 0.15) is 5.75 Å². The molecule has 3 heteroatoms. The monoisotopic (exact) mass is 520 g/mol. The second-order valence-corrected chi connectivity index (χ2v) is 10.5. The Hall–Kier alpha value is -2.68. The molecule has 206 valence electrons. The van der Waals surface area contributed by atoms with Gasteiger partial charge in [-0.25, -0.2) is 8.78 Å². The molecule has 1 nitrogen and oxygen atoms in total. The lowest BCUT2D eigenvalue weighted by molar-refractivity contribution is 0.297. The molecule has 3 aromatic carbocycles. The maximum atomic E-state index is 15.4. The lowest BCUT2D eigenvalue weighted by Crippen LogP contribution is -2.06. The minimum Gasteiger partial charge on any atom is -0.493 e. The normalized spacial score (nSPS) is 11.2. The summed E-state index contributed by atoms with van der Waals surface area (Å²) in [6.45, 7) is 4.90. The Morgan fingerprint density at radius 1 is 0.553 bits per heavy atom. The van der Waals surface area contributed by atoms with Crippen molar-refractivity contribution in [2.45, 2.75) is 104 Å². The largest absolute Gasteiger partial charge is 0.493 e. The first-order chi connectivity index (χ1) is 18.7. The van der Waals surface area contributed by atoms with Crippen molar-refractivity contribution in [2.24, 2.45) is 0 Å². The van der Waals surface area contributed by atoms with E-state index in [1.807, 2.05) is 54.6 Å². The summed E-state index contributed by atoms with van der Waals surface area (Å²) < 4.78 is 36.8. The van der Waals surface area contributed by atoms with Crippen molar-refractivity contribution in [1.29, 1.82) is 0 Å². The molecule has 0 bridgehead atoms. The van der Waals surface area contributed by atoms with Crippen molar-refractivity contribution in [2.75, 3.05) is 6.61 Å². The maximum absolute atomic E-state index is 15.4. The Kier molecular flexibility index (Phi) is 13.4. The molecular formula is C35H46F2O. The molecule has 0 unspecified atom stereocenters. The molecular weight excluding hydrogens is 474 g/mol. The number of halogens is 2. The first-order valence-corrected chi connectivity index (χ1v) is 14.9. The molecule has 0 aliphatic heterocycles. The van der Waals surface area contributed by atoms with Crippen molar-refractivity contribution in [3.8, 4) is 28.0 Å². The van der Waals surface area contributed by atoms with E-state index in [0.717, 1.165) is 43.2 Å². The van der Waals surface area contributed by atoms with Crippen molar-refractivity contribution < 1.29 is 13.5 Å². The Morgan fingerprint density at radius 3 is 1.71 bits per heavy atom. The fraction of sp³-hybridized carbons (Fsp3) is 0.486. The van der Waals surface area contributed by atoms with Gasteiger partial charge in [0.15, 0.2) is 11.6 Å². The van der Waals surface area contributed by atoms with Gasteiger partial charge >= 0.3 is 0 Å². The Labute approximate surface area is 229 Å². The molecule has 38 heavy (non-hydrogen) atoms. The summed E-state index contributed by atoms with van der Waals surface area (Å²) in [5.74, 6) is -1.04. The highest BCUT2D eigenvalue weighted by Crippen LogP contribution is 2.35. The molecule has 0 N–H and O–H groups in total. The molecule has 0 aromatic heterocycles. The summed E-state index contributed by atoms with van der Waals surface area (Å²) in [5.41, 5.74) is 3.44. The van der Waals surface area contributed by atoms with Crippen LogP contribution in [0.5, 0.6) is 5.75 Å². The van der Waals surface area contributed by atoms with Gasteiger partial charge in [0.05, 0.1) is 6.61 Å². The van der Waals surface area contributed by atoms with Crippen LogP contribution in [-0.2, 0) is 6.42 Å². The van der Waals surface area contributed by atoms with Crippen LogP contribution < -0.4 is 4.74 Å². The lowest BCUT2D eigenvalue weighted by Gasteiger charge is -2.16. The van der Waals surface area contributed by atoms with Crippen LogP contribution >= 0.6 is 0 Å². The maximum Gasteiger partial charge on any atom is 0.167 e. The van der Waals surface area contributed by atoms with Crippen LogP contribution in [0, 0.1) is 11.6 Å². The molecule has 0 amide bonds. The van der Waals surface area contributed by atoms with E-state index in [1.54, 1.807) is 6.07 Å². The summed E-state index contributed by atoms with van der Waals surface area (Å²) in [7, 11) is 0. The standard InChI is InChI=1S/C35H46F2O/c1-3-5-7-8-9-10-11-12-13-18-26-38-33-27-32(35(37)34(36)31(33)21-15-6-4-2)30-24-22-29(23-25-30)28-19-16-14-17-20-28/h14,16-17,19-20,22-25,27H,3-13,15,18,21,26H2,1-2H3. The van der Waals surface area contributed by atoms with E-state index in [9.17, 15) is 0 Å². The van der Waals surface area contributed by atoms with E-state index in [4.69, 9.17) is 4.74 Å². The van der Waals surface area contributed by atoms with Crippen LogP contribution in [0.2, 0.25) is 0 Å². The first-order valence-electron chi connectivity index (χ1n) is 14.9. The van der Waals surface area contributed by atoms with E-state index in [1.165, 1.54) is 51.4 Å².